The van der Waals surface area contributed by atoms with Crippen molar-refractivity contribution < 1.29 is 13.0 Å². The molecule has 1 unspecified atom stereocenters. The van der Waals surface area contributed by atoms with E-state index < -0.39 is 15.4 Å². The van der Waals surface area contributed by atoms with Gasteiger partial charge in [0.1, 0.15) is 5.25 Å². The Balaban J connectivity index is 2.78. The highest BCUT2D eigenvalue weighted by Crippen LogP contribution is 2.26. The van der Waals surface area contributed by atoms with E-state index >= 15 is 0 Å². The summed E-state index contributed by atoms with van der Waals surface area (Å²) in [6.45, 7) is 6.11. The van der Waals surface area contributed by atoms with Crippen molar-refractivity contribution in [2.45, 2.75) is 45.3 Å². The standard InChI is InChI=1S/C17H24O3S/c1-14(2)8-7-9-15(3)12-13-17(21(18,19)20)16-10-5-4-6-11-16/h4-6,8,10-12,17H,7,9,13H2,1-3H3,(H,18,19,20)/b15-12+. The summed E-state index contributed by atoms with van der Waals surface area (Å²) in [5.41, 5.74) is 3.04. The molecule has 1 aromatic rings. The molecule has 0 fully saturated rings. The molecule has 1 aromatic carbocycles. The van der Waals surface area contributed by atoms with E-state index in [1.165, 1.54) is 5.57 Å². The maximum Gasteiger partial charge on any atom is 0.272 e. The summed E-state index contributed by atoms with van der Waals surface area (Å²) in [7, 11) is -4.10. The van der Waals surface area contributed by atoms with Gasteiger partial charge in [-0.05, 0) is 45.6 Å². The molecule has 3 nitrogen and oxygen atoms in total. The monoisotopic (exact) mass is 308 g/mol. The molecular formula is C17H24O3S. The molecule has 0 saturated heterocycles. The Kier molecular flexibility index (Phi) is 6.85. The Morgan fingerprint density at radius 2 is 1.76 bits per heavy atom. The van der Waals surface area contributed by atoms with E-state index in [-0.39, 0.29) is 0 Å². The minimum atomic E-state index is -4.10. The van der Waals surface area contributed by atoms with Crippen molar-refractivity contribution in [1.29, 1.82) is 0 Å². The van der Waals surface area contributed by atoms with Crippen LogP contribution < -0.4 is 0 Å². The van der Waals surface area contributed by atoms with Crippen LogP contribution in [0.15, 0.2) is 53.6 Å². The highest BCUT2D eigenvalue weighted by molar-refractivity contribution is 7.86. The van der Waals surface area contributed by atoms with Crippen LogP contribution in [-0.2, 0) is 10.1 Å². The van der Waals surface area contributed by atoms with Crippen LogP contribution in [0.5, 0.6) is 0 Å². The third-order valence-electron chi connectivity index (χ3n) is 3.30. The summed E-state index contributed by atoms with van der Waals surface area (Å²) < 4.78 is 32.6. The zero-order valence-corrected chi connectivity index (χ0v) is 13.7. The molecule has 0 spiro atoms. The molecule has 0 aliphatic carbocycles. The van der Waals surface area contributed by atoms with Gasteiger partial charge in [-0.15, -0.1) is 0 Å². The average Bonchev–Trinajstić information content (AvgIpc) is 2.38. The quantitative estimate of drug-likeness (QED) is 0.587. The Morgan fingerprint density at radius 3 is 2.29 bits per heavy atom. The van der Waals surface area contributed by atoms with Crippen molar-refractivity contribution in [2.24, 2.45) is 0 Å². The van der Waals surface area contributed by atoms with Crippen LogP contribution in [-0.4, -0.2) is 13.0 Å². The normalized spacial score (nSPS) is 13.8. The van der Waals surface area contributed by atoms with Gasteiger partial charge in [-0.2, -0.15) is 8.42 Å². The van der Waals surface area contributed by atoms with Gasteiger partial charge in [-0.25, -0.2) is 0 Å². The third kappa shape index (κ3) is 6.74. The van der Waals surface area contributed by atoms with Crippen molar-refractivity contribution in [2.75, 3.05) is 0 Å². The second-order valence-corrected chi connectivity index (χ2v) is 7.12. The van der Waals surface area contributed by atoms with Gasteiger partial charge in [0.2, 0.25) is 0 Å². The molecule has 0 aromatic heterocycles. The predicted molar refractivity (Wildman–Crippen MR) is 87.8 cm³/mol. The molecule has 1 N–H and O–H groups in total. The summed E-state index contributed by atoms with van der Waals surface area (Å²) in [6.07, 6.45) is 6.22. The predicted octanol–water partition coefficient (Wildman–Crippen LogP) is 4.70. The van der Waals surface area contributed by atoms with Gasteiger partial charge in [0, 0.05) is 0 Å². The molecule has 0 aliphatic heterocycles. The smallest absolute Gasteiger partial charge is 0.272 e. The number of hydrogen-bond donors (Lipinski definition) is 1. The summed E-state index contributed by atoms with van der Waals surface area (Å²) in [5.74, 6) is 0. The maximum atomic E-state index is 11.6. The van der Waals surface area contributed by atoms with E-state index in [2.05, 4.69) is 19.9 Å². The molecule has 4 heteroatoms. The molecule has 0 heterocycles. The lowest BCUT2D eigenvalue weighted by Crippen LogP contribution is -2.11. The van der Waals surface area contributed by atoms with Crippen molar-refractivity contribution in [3.63, 3.8) is 0 Å². The zero-order valence-electron chi connectivity index (χ0n) is 12.9. The van der Waals surface area contributed by atoms with Gasteiger partial charge in [-0.1, -0.05) is 53.6 Å². The average molecular weight is 308 g/mol. The lowest BCUT2D eigenvalue weighted by molar-refractivity contribution is 0.468. The van der Waals surface area contributed by atoms with E-state index in [1.807, 2.05) is 19.1 Å². The van der Waals surface area contributed by atoms with Crippen LogP contribution in [0.1, 0.15) is 50.8 Å². The van der Waals surface area contributed by atoms with Gasteiger partial charge in [0.15, 0.2) is 0 Å². The van der Waals surface area contributed by atoms with Crippen LogP contribution in [0.2, 0.25) is 0 Å². The molecule has 0 bridgehead atoms. The highest BCUT2D eigenvalue weighted by Gasteiger charge is 2.23. The van der Waals surface area contributed by atoms with E-state index in [0.717, 1.165) is 18.4 Å². The first-order valence-electron chi connectivity index (χ1n) is 7.11. The first kappa shape index (κ1) is 17.7. The lowest BCUT2D eigenvalue weighted by atomic mass is 10.1. The Morgan fingerprint density at radius 1 is 1.14 bits per heavy atom. The molecule has 21 heavy (non-hydrogen) atoms. The number of rotatable bonds is 7. The summed E-state index contributed by atoms with van der Waals surface area (Å²) >= 11 is 0. The Labute approximate surface area is 128 Å². The minimum absolute atomic E-state index is 0.295. The topological polar surface area (TPSA) is 54.4 Å². The van der Waals surface area contributed by atoms with Gasteiger partial charge in [-0.3, -0.25) is 4.55 Å². The van der Waals surface area contributed by atoms with Gasteiger partial charge in [0.05, 0.1) is 0 Å². The SMILES string of the molecule is CC(C)=CCC/C(C)=C/CC(c1ccccc1)S(=O)(=O)O. The van der Waals surface area contributed by atoms with E-state index in [4.69, 9.17) is 0 Å². The fourth-order valence-corrected chi connectivity index (χ4v) is 2.94. The van der Waals surface area contributed by atoms with Crippen LogP contribution >= 0.6 is 0 Å². The molecule has 0 radical (unpaired) electrons. The van der Waals surface area contributed by atoms with Crippen molar-refractivity contribution in [3.8, 4) is 0 Å². The van der Waals surface area contributed by atoms with Crippen LogP contribution in [0.3, 0.4) is 0 Å². The molecule has 1 atom stereocenters. The van der Waals surface area contributed by atoms with E-state index in [1.54, 1.807) is 24.3 Å². The first-order valence-corrected chi connectivity index (χ1v) is 8.61. The number of benzene rings is 1. The molecule has 0 amide bonds. The van der Waals surface area contributed by atoms with E-state index in [9.17, 15) is 13.0 Å². The first-order chi connectivity index (χ1) is 9.80. The number of allylic oxidation sites excluding steroid dienone is 4. The second-order valence-electron chi connectivity index (χ2n) is 5.52. The Bertz CT molecular complexity index is 594. The maximum absolute atomic E-state index is 11.6. The molecule has 0 saturated carbocycles. The summed E-state index contributed by atoms with van der Waals surface area (Å²) in [4.78, 5) is 0. The van der Waals surface area contributed by atoms with Crippen molar-refractivity contribution in [3.05, 3.63) is 59.2 Å². The molecule has 0 aliphatic rings. The van der Waals surface area contributed by atoms with Gasteiger partial charge in [0.25, 0.3) is 10.1 Å². The fourth-order valence-electron chi connectivity index (χ4n) is 2.10. The van der Waals surface area contributed by atoms with Crippen molar-refractivity contribution in [1.82, 2.24) is 0 Å². The zero-order chi connectivity index (χ0) is 15.9. The van der Waals surface area contributed by atoms with Crippen molar-refractivity contribution >= 4 is 10.1 Å². The Hall–Kier alpha value is -1.39. The molecule has 1 rings (SSSR count). The third-order valence-corrected chi connectivity index (χ3v) is 4.49. The minimum Gasteiger partial charge on any atom is -0.285 e. The molecule has 116 valence electrons. The van der Waals surface area contributed by atoms with Crippen LogP contribution in [0, 0.1) is 0 Å². The molecular weight excluding hydrogens is 284 g/mol. The summed E-state index contributed by atoms with van der Waals surface area (Å²) in [6, 6.07) is 8.83. The number of hydrogen-bond acceptors (Lipinski definition) is 2. The summed E-state index contributed by atoms with van der Waals surface area (Å²) in [5, 5.41) is -0.892. The fraction of sp³-hybridized carbons (Fsp3) is 0.412. The van der Waals surface area contributed by atoms with Crippen LogP contribution in [0.25, 0.3) is 0 Å². The van der Waals surface area contributed by atoms with Gasteiger partial charge >= 0.3 is 0 Å². The highest BCUT2D eigenvalue weighted by atomic mass is 32.2. The lowest BCUT2D eigenvalue weighted by Gasteiger charge is -2.12. The van der Waals surface area contributed by atoms with Gasteiger partial charge < -0.3 is 0 Å². The van der Waals surface area contributed by atoms with E-state index in [0.29, 0.717) is 12.0 Å². The largest absolute Gasteiger partial charge is 0.285 e. The second kappa shape index (κ2) is 8.15. The van der Waals surface area contributed by atoms with Crippen LogP contribution in [0.4, 0.5) is 0 Å².